The first-order valence-electron chi connectivity index (χ1n) is 7.01. The summed E-state index contributed by atoms with van der Waals surface area (Å²) >= 11 is 0. The SMILES string of the molecule is Cc1ccc(S(=O)(=O)NCC2(C(C)C)CC2)cc1C(=O)O. The van der Waals surface area contributed by atoms with Gasteiger partial charge in [-0.15, -0.1) is 0 Å². The van der Waals surface area contributed by atoms with Crippen molar-refractivity contribution in [3.63, 3.8) is 0 Å². The lowest BCUT2D eigenvalue weighted by Crippen LogP contribution is -2.32. The van der Waals surface area contributed by atoms with Crippen molar-refractivity contribution in [3.05, 3.63) is 29.3 Å². The normalized spacial score (nSPS) is 17.0. The third kappa shape index (κ3) is 3.27. The second-order valence-corrected chi connectivity index (χ2v) is 7.89. The maximum absolute atomic E-state index is 12.3. The Morgan fingerprint density at radius 2 is 2.00 bits per heavy atom. The molecule has 1 saturated carbocycles. The molecule has 1 aromatic carbocycles. The van der Waals surface area contributed by atoms with Crippen molar-refractivity contribution < 1.29 is 18.3 Å². The molecule has 0 amide bonds. The summed E-state index contributed by atoms with van der Waals surface area (Å²) in [6.07, 6.45) is 2.06. The Balaban J connectivity index is 2.20. The van der Waals surface area contributed by atoms with Crippen LogP contribution in [0.15, 0.2) is 23.1 Å². The minimum absolute atomic E-state index is 0.00468. The topological polar surface area (TPSA) is 83.5 Å². The van der Waals surface area contributed by atoms with E-state index < -0.39 is 16.0 Å². The lowest BCUT2D eigenvalue weighted by molar-refractivity contribution is 0.0696. The van der Waals surface area contributed by atoms with Gasteiger partial charge in [-0.05, 0) is 48.8 Å². The molecular weight excluding hydrogens is 290 g/mol. The maximum atomic E-state index is 12.3. The van der Waals surface area contributed by atoms with Gasteiger partial charge in [0.15, 0.2) is 0 Å². The fourth-order valence-electron chi connectivity index (χ4n) is 2.44. The van der Waals surface area contributed by atoms with Gasteiger partial charge in [0.1, 0.15) is 0 Å². The molecule has 116 valence electrons. The van der Waals surface area contributed by atoms with E-state index in [1.165, 1.54) is 18.2 Å². The first-order chi connectivity index (χ1) is 9.68. The Labute approximate surface area is 125 Å². The monoisotopic (exact) mass is 311 g/mol. The number of aromatic carboxylic acids is 1. The number of aryl methyl sites for hydroxylation is 1. The van der Waals surface area contributed by atoms with Gasteiger partial charge in [0.05, 0.1) is 10.5 Å². The number of nitrogens with one attached hydrogen (secondary N) is 1. The molecule has 2 rings (SSSR count). The number of hydrogen-bond donors (Lipinski definition) is 2. The van der Waals surface area contributed by atoms with E-state index >= 15 is 0 Å². The van der Waals surface area contributed by atoms with Gasteiger partial charge in [0.2, 0.25) is 10.0 Å². The highest BCUT2D eigenvalue weighted by Crippen LogP contribution is 2.51. The Morgan fingerprint density at radius 3 is 2.48 bits per heavy atom. The summed E-state index contributed by atoms with van der Waals surface area (Å²) in [7, 11) is -3.67. The van der Waals surface area contributed by atoms with Crippen LogP contribution in [0.25, 0.3) is 0 Å². The molecule has 0 saturated heterocycles. The molecule has 0 aromatic heterocycles. The van der Waals surface area contributed by atoms with Crippen molar-refractivity contribution in [1.82, 2.24) is 4.72 Å². The van der Waals surface area contributed by atoms with Gasteiger partial charge in [-0.25, -0.2) is 17.9 Å². The second-order valence-electron chi connectivity index (χ2n) is 6.12. The molecule has 0 unspecified atom stereocenters. The molecular formula is C15H21NO4S. The Morgan fingerprint density at radius 1 is 1.38 bits per heavy atom. The Bertz CT molecular complexity index is 660. The van der Waals surface area contributed by atoms with Crippen molar-refractivity contribution in [2.45, 2.75) is 38.5 Å². The van der Waals surface area contributed by atoms with E-state index in [0.717, 1.165) is 12.8 Å². The number of carbonyl (C=O) groups is 1. The molecule has 5 nitrogen and oxygen atoms in total. The quantitative estimate of drug-likeness (QED) is 0.845. The van der Waals surface area contributed by atoms with Crippen LogP contribution in [0.1, 0.15) is 42.6 Å². The molecule has 1 aliphatic carbocycles. The van der Waals surface area contributed by atoms with Gasteiger partial charge in [-0.3, -0.25) is 0 Å². The van der Waals surface area contributed by atoms with Crippen molar-refractivity contribution >= 4 is 16.0 Å². The zero-order chi connectivity index (χ0) is 15.8. The van der Waals surface area contributed by atoms with E-state index in [9.17, 15) is 13.2 Å². The molecule has 0 bridgehead atoms. The largest absolute Gasteiger partial charge is 0.478 e. The van der Waals surface area contributed by atoms with Crippen LogP contribution >= 0.6 is 0 Å². The maximum Gasteiger partial charge on any atom is 0.335 e. The lowest BCUT2D eigenvalue weighted by Gasteiger charge is -2.20. The van der Waals surface area contributed by atoms with Crippen LogP contribution in [-0.4, -0.2) is 26.0 Å². The van der Waals surface area contributed by atoms with Crippen molar-refractivity contribution in [2.24, 2.45) is 11.3 Å². The van der Waals surface area contributed by atoms with Crippen LogP contribution in [0.5, 0.6) is 0 Å². The summed E-state index contributed by atoms with van der Waals surface area (Å²) in [6.45, 7) is 6.24. The number of carboxylic acid groups (broad SMARTS) is 1. The van der Waals surface area contributed by atoms with Crippen LogP contribution < -0.4 is 4.72 Å². The average molecular weight is 311 g/mol. The molecule has 6 heteroatoms. The Kier molecular flexibility index (Phi) is 4.13. The van der Waals surface area contributed by atoms with E-state index in [-0.39, 0.29) is 15.9 Å². The van der Waals surface area contributed by atoms with E-state index in [4.69, 9.17) is 5.11 Å². The van der Waals surface area contributed by atoms with Gasteiger partial charge < -0.3 is 5.11 Å². The summed E-state index contributed by atoms with van der Waals surface area (Å²) in [6, 6.07) is 4.18. The number of carboxylic acids is 1. The summed E-state index contributed by atoms with van der Waals surface area (Å²) in [4.78, 5) is 11.1. The van der Waals surface area contributed by atoms with Crippen molar-refractivity contribution in [1.29, 1.82) is 0 Å². The van der Waals surface area contributed by atoms with Gasteiger partial charge in [0, 0.05) is 6.54 Å². The van der Waals surface area contributed by atoms with E-state index in [0.29, 0.717) is 18.0 Å². The van der Waals surface area contributed by atoms with Crippen LogP contribution in [0.2, 0.25) is 0 Å². The van der Waals surface area contributed by atoms with E-state index in [1.807, 2.05) is 0 Å². The van der Waals surface area contributed by atoms with Crippen molar-refractivity contribution in [2.75, 3.05) is 6.54 Å². The van der Waals surface area contributed by atoms with Gasteiger partial charge in [0.25, 0.3) is 0 Å². The number of benzene rings is 1. The van der Waals surface area contributed by atoms with Crippen molar-refractivity contribution in [3.8, 4) is 0 Å². The van der Waals surface area contributed by atoms with Crippen LogP contribution in [-0.2, 0) is 10.0 Å². The molecule has 21 heavy (non-hydrogen) atoms. The summed E-state index contributed by atoms with van der Waals surface area (Å²) < 4.78 is 27.2. The standard InChI is InChI=1S/C15H21NO4S/c1-10(2)15(6-7-15)9-16-21(19,20)12-5-4-11(3)13(8-12)14(17)18/h4-5,8,10,16H,6-7,9H2,1-3H3,(H,17,18). The fraction of sp³-hybridized carbons (Fsp3) is 0.533. The van der Waals surface area contributed by atoms with E-state index in [2.05, 4.69) is 18.6 Å². The highest BCUT2D eigenvalue weighted by molar-refractivity contribution is 7.89. The number of sulfonamides is 1. The fourth-order valence-corrected chi connectivity index (χ4v) is 3.60. The first-order valence-corrected chi connectivity index (χ1v) is 8.50. The summed E-state index contributed by atoms with van der Waals surface area (Å²) in [5.74, 6) is -0.696. The molecule has 0 spiro atoms. The molecule has 2 N–H and O–H groups in total. The molecule has 0 radical (unpaired) electrons. The predicted octanol–water partition coefficient (Wildman–Crippen LogP) is 2.41. The summed E-state index contributed by atoms with van der Waals surface area (Å²) in [5, 5.41) is 9.08. The predicted molar refractivity (Wildman–Crippen MR) is 79.8 cm³/mol. The summed E-state index contributed by atoms with van der Waals surface area (Å²) in [5.41, 5.74) is 0.623. The molecule has 1 fully saturated rings. The molecule has 1 aliphatic rings. The second kappa shape index (κ2) is 5.42. The lowest BCUT2D eigenvalue weighted by atomic mass is 9.93. The highest BCUT2D eigenvalue weighted by Gasteiger charge is 2.45. The molecule has 0 heterocycles. The molecule has 0 aliphatic heterocycles. The number of hydrogen-bond acceptors (Lipinski definition) is 3. The van der Waals surface area contributed by atoms with Gasteiger partial charge in [-0.2, -0.15) is 0 Å². The number of rotatable bonds is 6. The highest BCUT2D eigenvalue weighted by atomic mass is 32.2. The van der Waals surface area contributed by atoms with Crippen LogP contribution in [0, 0.1) is 18.3 Å². The molecule has 1 aromatic rings. The Hall–Kier alpha value is -1.40. The molecule has 0 atom stereocenters. The first kappa shape index (κ1) is 16.0. The third-order valence-corrected chi connectivity index (χ3v) is 5.88. The van der Waals surface area contributed by atoms with E-state index in [1.54, 1.807) is 6.92 Å². The zero-order valence-corrected chi connectivity index (χ0v) is 13.3. The van der Waals surface area contributed by atoms with Crippen LogP contribution in [0.4, 0.5) is 0 Å². The van der Waals surface area contributed by atoms with Gasteiger partial charge in [-0.1, -0.05) is 19.9 Å². The van der Waals surface area contributed by atoms with Gasteiger partial charge >= 0.3 is 5.97 Å². The van der Waals surface area contributed by atoms with Crippen LogP contribution in [0.3, 0.4) is 0 Å². The average Bonchev–Trinajstić information content (AvgIpc) is 3.17. The smallest absolute Gasteiger partial charge is 0.335 e. The minimum atomic E-state index is -3.67. The zero-order valence-electron chi connectivity index (χ0n) is 12.5. The minimum Gasteiger partial charge on any atom is -0.478 e. The third-order valence-electron chi connectivity index (χ3n) is 4.48.